The number of nitrogens with one attached hydrogen (secondary N) is 1. The third-order valence-corrected chi connectivity index (χ3v) is 4.87. The number of hydrogen-bond donors (Lipinski definition) is 2. The minimum atomic E-state index is -4.56. The number of rotatable bonds is 5. The van der Waals surface area contributed by atoms with E-state index in [2.05, 4.69) is 10.3 Å². The first-order chi connectivity index (χ1) is 11.4. The van der Waals surface area contributed by atoms with Crippen molar-refractivity contribution >= 4 is 5.91 Å². The topological polar surface area (TPSA) is 62.2 Å². The highest BCUT2D eigenvalue weighted by Crippen LogP contribution is 2.40. The number of alkyl halides is 3. The molecular formula is C17H21F3N2O2. The predicted molar refractivity (Wildman–Crippen MR) is 81.5 cm³/mol. The van der Waals surface area contributed by atoms with Crippen LogP contribution in [-0.2, 0) is 6.18 Å². The van der Waals surface area contributed by atoms with E-state index >= 15 is 0 Å². The first-order valence-electron chi connectivity index (χ1n) is 8.39. The summed E-state index contributed by atoms with van der Waals surface area (Å²) >= 11 is 0. The lowest BCUT2D eigenvalue weighted by Crippen LogP contribution is -2.37. The van der Waals surface area contributed by atoms with Crippen molar-refractivity contribution in [2.24, 2.45) is 5.92 Å². The summed E-state index contributed by atoms with van der Waals surface area (Å²) in [6.07, 6.45) is 0.335. The second-order valence-corrected chi connectivity index (χ2v) is 6.72. The van der Waals surface area contributed by atoms with E-state index in [0.29, 0.717) is 12.1 Å². The molecule has 2 N–H and O–H groups in total. The van der Waals surface area contributed by atoms with E-state index in [9.17, 15) is 18.0 Å². The van der Waals surface area contributed by atoms with Crippen LogP contribution in [0.1, 0.15) is 66.2 Å². The Hall–Kier alpha value is -1.63. The summed E-state index contributed by atoms with van der Waals surface area (Å²) in [6, 6.07) is 2.23. The van der Waals surface area contributed by atoms with Gasteiger partial charge in [0.15, 0.2) is 0 Å². The Kier molecular flexibility index (Phi) is 4.80. The smallest absolute Gasteiger partial charge is 0.396 e. The minimum Gasteiger partial charge on any atom is -0.396 e. The van der Waals surface area contributed by atoms with Crippen molar-refractivity contribution in [3.8, 4) is 0 Å². The Balaban J connectivity index is 1.80. The molecule has 1 aromatic heterocycles. The largest absolute Gasteiger partial charge is 0.433 e. The van der Waals surface area contributed by atoms with Crippen LogP contribution in [0.25, 0.3) is 0 Å². The van der Waals surface area contributed by atoms with Crippen molar-refractivity contribution in [3.63, 3.8) is 0 Å². The number of hydrogen-bond acceptors (Lipinski definition) is 3. The molecule has 2 fully saturated rings. The maximum Gasteiger partial charge on any atom is 0.433 e. The van der Waals surface area contributed by atoms with Crippen LogP contribution in [0.5, 0.6) is 0 Å². The molecule has 0 spiro atoms. The number of aliphatic hydroxyl groups is 1. The average molecular weight is 342 g/mol. The van der Waals surface area contributed by atoms with Gasteiger partial charge >= 0.3 is 6.18 Å². The zero-order chi connectivity index (χ0) is 17.3. The first-order valence-corrected chi connectivity index (χ1v) is 8.39. The zero-order valence-electron chi connectivity index (χ0n) is 13.3. The van der Waals surface area contributed by atoms with Crippen LogP contribution in [-0.4, -0.2) is 28.6 Å². The number of pyridine rings is 1. The molecule has 2 atom stereocenters. The molecule has 2 saturated carbocycles. The summed E-state index contributed by atoms with van der Waals surface area (Å²) in [5.41, 5.74) is -0.627. The van der Waals surface area contributed by atoms with Gasteiger partial charge in [-0.2, -0.15) is 13.2 Å². The van der Waals surface area contributed by atoms with Gasteiger partial charge < -0.3 is 10.4 Å². The molecule has 0 aromatic carbocycles. The highest BCUT2D eigenvalue weighted by Gasteiger charge is 2.36. The summed E-state index contributed by atoms with van der Waals surface area (Å²) in [7, 11) is 0. The van der Waals surface area contributed by atoms with Crippen LogP contribution in [0.2, 0.25) is 0 Å². The molecule has 0 radical (unpaired) electrons. The number of nitrogens with zero attached hydrogens (tertiary/aromatic N) is 1. The highest BCUT2D eigenvalue weighted by molar-refractivity contribution is 5.94. The first kappa shape index (κ1) is 17.2. The lowest BCUT2D eigenvalue weighted by molar-refractivity contribution is -0.141. The number of carbonyl (C=O) groups excluding carboxylic acids is 1. The fourth-order valence-electron chi connectivity index (χ4n) is 3.41. The Morgan fingerprint density at radius 2 is 2.00 bits per heavy atom. The molecule has 0 aliphatic heterocycles. The lowest BCUT2D eigenvalue weighted by atomic mass is 9.99. The van der Waals surface area contributed by atoms with E-state index in [0.717, 1.165) is 38.2 Å². The maximum absolute atomic E-state index is 13.0. The van der Waals surface area contributed by atoms with Gasteiger partial charge in [0.05, 0.1) is 0 Å². The summed E-state index contributed by atoms with van der Waals surface area (Å²) in [6.45, 7) is 0.0519. The summed E-state index contributed by atoms with van der Waals surface area (Å²) in [5.74, 6) is -0.266. The number of aliphatic hydroxyl groups excluding tert-OH is 1. The molecule has 2 unspecified atom stereocenters. The molecule has 1 heterocycles. The fraction of sp³-hybridized carbons (Fsp3) is 0.647. The van der Waals surface area contributed by atoms with Gasteiger partial charge in [-0.1, -0.05) is 6.42 Å². The SMILES string of the molecule is O=C(NC1CCCC1CCO)c1cc(C2CC2)nc(C(F)(F)F)c1. The third kappa shape index (κ3) is 3.88. The van der Waals surface area contributed by atoms with E-state index in [1.807, 2.05) is 0 Å². The molecule has 1 aromatic rings. The lowest BCUT2D eigenvalue weighted by Gasteiger charge is -2.20. The molecular weight excluding hydrogens is 321 g/mol. The van der Waals surface area contributed by atoms with E-state index in [1.165, 1.54) is 6.07 Å². The van der Waals surface area contributed by atoms with Crippen LogP contribution in [0.15, 0.2) is 12.1 Å². The Labute approximate surface area is 138 Å². The van der Waals surface area contributed by atoms with Crippen LogP contribution in [0.3, 0.4) is 0 Å². The van der Waals surface area contributed by atoms with Gasteiger partial charge in [0.2, 0.25) is 0 Å². The Morgan fingerprint density at radius 1 is 1.25 bits per heavy atom. The summed E-state index contributed by atoms with van der Waals surface area (Å²) in [4.78, 5) is 16.1. The summed E-state index contributed by atoms with van der Waals surface area (Å²) in [5, 5.41) is 11.9. The zero-order valence-corrected chi connectivity index (χ0v) is 13.3. The van der Waals surface area contributed by atoms with Gasteiger partial charge in [-0.3, -0.25) is 4.79 Å². The monoisotopic (exact) mass is 342 g/mol. The van der Waals surface area contributed by atoms with Crippen LogP contribution in [0, 0.1) is 5.92 Å². The normalized spacial score (nSPS) is 24.2. The average Bonchev–Trinajstić information content (AvgIpc) is 3.29. The van der Waals surface area contributed by atoms with Crippen LogP contribution < -0.4 is 5.32 Å². The molecule has 1 amide bonds. The Morgan fingerprint density at radius 3 is 2.62 bits per heavy atom. The Bertz CT molecular complexity index is 614. The van der Waals surface area contributed by atoms with E-state index in [1.54, 1.807) is 0 Å². The van der Waals surface area contributed by atoms with E-state index < -0.39 is 17.8 Å². The molecule has 0 bridgehead atoms. The van der Waals surface area contributed by atoms with E-state index in [-0.39, 0.29) is 30.0 Å². The number of halogens is 3. The van der Waals surface area contributed by atoms with Gasteiger partial charge in [0, 0.05) is 29.8 Å². The van der Waals surface area contributed by atoms with Crippen LogP contribution >= 0.6 is 0 Å². The second kappa shape index (κ2) is 6.70. The number of amides is 1. The van der Waals surface area contributed by atoms with Crippen LogP contribution in [0.4, 0.5) is 13.2 Å². The number of carbonyl (C=O) groups is 1. The predicted octanol–water partition coefficient (Wildman–Crippen LogP) is 3.26. The quantitative estimate of drug-likeness (QED) is 0.863. The van der Waals surface area contributed by atoms with Gasteiger partial charge in [0.25, 0.3) is 5.91 Å². The van der Waals surface area contributed by atoms with Crippen molar-refractivity contribution in [3.05, 3.63) is 29.1 Å². The van der Waals surface area contributed by atoms with Gasteiger partial charge in [0.1, 0.15) is 5.69 Å². The maximum atomic E-state index is 13.0. The second-order valence-electron chi connectivity index (χ2n) is 6.72. The molecule has 2 aliphatic carbocycles. The fourth-order valence-corrected chi connectivity index (χ4v) is 3.41. The van der Waals surface area contributed by atoms with Crippen molar-refractivity contribution in [2.45, 2.75) is 56.7 Å². The molecule has 4 nitrogen and oxygen atoms in total. The molecule has 2 aliphatic rings. The molecule has 7 heteroatoms. The summed E-state index contributed by atoms with van der Waals surface area (Å²) < 4.78 is 39.1. The standard InChI is InChI=1S/C17H21F3N2O2/c18-17(19,20)15-9-12(8-14(21-15)11-4-5-11)16(24)22-13-3-1-2-10(13)6-7-23/h8-11,13,23H,1-7H2,(H,22,24). The van der Waals surface area contributed by atoms with Gasteiger partial charge in [-0.05, 0) is 50.2 Å². The van der Waals surface area contributed by atoms with Crippen molar-refractivity contribution in [1.82, 2.24) is 10.3 Å². The number of aromatic nitrogens is 1. The molecule has 24 heavy (non-hydrogen) atoms. The molecule has 3 rings (SSSR count). The van der Waals surface area contributed by atoms with Crippen molar-refractivity contribution in [1.29, 1.82) is 0 Å². The highest BCUT2D eigenvalue weighted by atomic mass is 19.4. The van der Waals surface area contributed by atoms with E-state index in [4.69, 9.17) is 5.11 Å². The molecule has 0 saturated heterocycles. The third-order valence-electron chi connectivity index (χ3n) is 4.87. The van der Waals surface area contributed by atoms with Gasteiger partial charge in [-0.25, -0.2) is 4.98 Å². The minimum absolute atomic E-state index is 0.0221. The van der Waals surface area contributed by atoms with Crippen molar-refractivity contribution < 1.29 is 23.1 Å². The molecule has 132 valence electrons. The van der Waals surface area contributed by atoms with Gasteiger partial charge in [-0.15, -0.1) is 0 Å². The van der Waals surface area contributed by atoms with Crippen molar-refractivity contribution in [2.75, 3.05) is 6.61 Å².